The van der Waals surface area contributed by atoms with E-state index in [9.17, 15) is 5.11 Å². The molecule has 0 spiro atoms. The number of hydrogen-bond acceptors (Lipinski definition) is 4. The Labute approximate surface area is 115 Å². The van der Waals surface area contributed by atoms with Crippen molar-refractivity contribution in [2.75, 3.05) is 26.7 Å². The number of β-amino-alcohol motifs (C(OH)–C–C–N with tert-alkyl or cyclic N) is 1. The maximum atomic E-state index is 10.3. The van der Waals surface area contributed by atoms with E-state index in [0.29, 0.717) is 12.5 Å². The van der Waals surface area contributed by atoms with E-state index in [1.165, 1.54) is 0 Å². The van der Waals surface area contributed by atoms with Gasteiger partial charge in [-0.15, -0.1) is 0 Å². The number of methoxy groups -OCH3 is 1. The number of nitrogens with two attached hydrogens (primary N) is 1. The van der Waals surface area contributed by atoms with Gasteiger partial charge in [0.2, 0.25) is 0 Å². The molecule has 1 aliphatic heterocycles. The number of rotatable bonds is 4. The highest BCUT2D eigenvalue weighted by atomic mass is 16.5. The third-order valence-corrected chi connectivity index (χ3v) is 4.01. The van der Waals surface area contributed by atoms with Crippen molar-refractivity contribution in [3.63, 3.8) is 0 Å². The first kappa shape index (κ1) is 14.3. The van der Waals surface area contributed by atoms with Gasteiger partial charge in [-0.05, 0) is 36.6 Å². The molecule has 1 saturated heterocycles. The van der Waals surface area contributed by atoms with Crippen LogP contribution in [0.4, 0.5) is 0 Å². The molecule has 3 unspecified atom stereocenters. The summed E-state index contributed by atoms with van der Waals surface area (Å²) in [7, 11) is 1.64. The van der Waals surface area contributed by atoms with Crippen molar-refractivity contribution < 1.29 is 9.84 Å². The molecule has 1 aromatic carbocycles. The highest BCUT2D eigenvalue weighted by molar-refractivity contribution is 5.29. The Balaban J connectivity index is 1.95. The smallest absolute Gasteiger partial charge is 0.119 e. The van der Waals surface area contributed by atoms with Crippen LogP contribution in [0, 0.1) is 5.92 Å². The van der Waals surface area contributed by atoms with Crippen molar-refractivity contribution in [2.45, 2.75) is 25.5 Å². The highest BCUT2D eigenvalue weighted by Crippen LogP contribution is 2.22. The van der Waals surface area contributed by atoms with Crippen molar-refractivity contribution in [1.82, 2.24) is 4.90 Å². The van der Waals surface area contributed by atoms with Crippen LogP contribution in [-0.4, -0.2) is 42.8 Å². The Hall–Kier alpha value is -1.10. The van der Waals surface area contributed by atoms with E-state index in [4.69, 9.17) is 10.5 Å². The van der Waals surface area contributed by atoms with E-state index in [1.807, 2.05) is 24.3 Å². The molecule has 4 heteroatoms. The summed E-state index contributed by atoms with van der Waals surface area (Å²) < 4.78 is 5.18. The number of aliphatic hydroxyl groups excluding tert-OH is 1. The molecule has 3 atom stereocenters. The SMILES string of the molecule is COc1cccc(C(O)CN2CCC(C)C(N)C2)c1. The fourth-order valence-electron chi connectivity index (χ4n) is 2.53. The number of nitrogens with zero attached hydrogens (tertiary/aromatic N) is 1. The van der Waals surface area contributed by atoms with E-state index in [0.717, 1.165) is 30.8 Å². The van der Waals surface area contributed by atoms with Crippen LogP contribution in [0.5, 0.6) is 5.75 Å². The molecule has 106 valence electrons. The summed E-state index contributed by atoms with van der Waals surface area (Å²) in [5.41, 5.74) is 6.98. The predicted molar refractivity (Wildman–Crippen MR) is 76.2 cm³/mol. The third kappa shape index (κ3) is 3.69. The quantitative estimate of drug-likeness (QED) is 0.863. The Bertz CT molecular complexity index is 411. The maximum Gasteiger partial charge on any atom is 0.119 e. The van der Waals surface area contributed by atoms with E-state index < -0.39 is 6.10 Å². The molecule has 1 aromatic rings. The van der Waals surface area contributed by atoms with Crippen molar-refractivity contribution >= 4 is 0 Å². The second-order valence-corrected chi connectivity index (χ2v) is 5.48. The molecule has 4 nitrogen and oxygen atoms in total. The molecule has 3 N–H and O–H groups in total. The number of aliphatic hydroxyl groups is 1. The molecule has 1 aliphatic rings. The lowest BCUT2D eigenvalue weighted by Gasteiger charge is -2.36. The van der Waals surface area contributed by atoms with E-state index in [2.05, 4.69) is 11.8 Å². The fraction of sp³-hybridized carbons (Fsp3) is 0.600. The van der Waals surface area contributed by atoms with Gasteiger partial charge < -0.3 is 15.6 Å². The van der Waals surface area contributed by atoms with Gasteiger partial charge in [0.05, 0.1) is 13.2 Å². The van der Waals surface area contributed by atoms with Gasteiger partial charge in [0.25, 0.3) is 0 Å². The van der Waals surface area contributed by atoms with Crippen LogP contribution in [0.1, 0.15) is 25.0 Å². The number of hydrogen-bond donors (Lipinski definition) is 2. The zero-order chi connectivity index (χ0) is 13.8. The third-order valence-electron chi connectivity index (χ3n) is 4.01. The normalized spacial score (nSPS) is 26.1. The minimum Gasteiger partial charge on any atom is -0.497 e. The second kappa shape index (κ2) is 6.37. The first-order valence-corrected chi connectivity index (χ1v) is 6.90. The van der Waals surface area contributed by atoms with Gasteiger partial charge in [0.1, 0.15) is 5.75 Å². The molecule has 0 saturated carbocycles. The summed E-state index contributed by atoms with van der Waals surface area (Å²) in [6.07, 6.45) is 0.613. The van der Waals surface area contributed by atoms with Crippen molar-refractivity contribution in [3.05, 3.63) is 29.8 Å². The van der Waals surface area contributed by atoms with Crippen LogP contribution >= 0.6 is 0 Å². The van der Waals surface area contributed by atoms with E-state index >= 15 is 0 Å². The summed E-state index contributed by atoms with van der Waals surface area (Å²) in [6.45, 7) is 4.70. The number of likely N-dealkylation sites (tertiary alicyclic amines) is 1. The predicted octanol–water partition coefficient (Wildman–Crippen LogP) is 1.40. The van der Waals surface area contributed by atoms with Crippen LogP contribution in [0.2, 0.25) is 0 Å². The van der Waals surface area contributed by atoms with Crippen LogP contribution in [0.25, 0.3) is 0 Å². The summed E-state index contributed by atoms with van der Waals surface area (Å²) in [5.74, 6) is 1.35. The lowest BCUT2D eigenvalue weighted by atomic mass is 9.94. The Morgan fingerprint density at radius 1 is 1.53 bits per heavy atom. The first-order chi connectivity index (χ1) is 9.10. The van der Waals surface area contributed by atoms with E-state index in [1.54, 1.807) is 7.11 Å². The summed E-state index contributed by atoms with van der Waals surface area (Å²) >= 11 is 0. The number of benzene rings is 1. The van der Waals surface area contributed by atoms with Crippen LogP contribution in [0.15, 0.2) is 24.3 Å². The van der Waals surface area contributed by atoms with Gasteiger partial charge in [-0.2, -0.15) is 0 Å². The molecule has 2 rings (SSSR count). The topological polar surface area (TPSA) is 58.7 Å². The lowest BCUT2D eigenvalue weighted by molar-refractivity contribution is 0.0836. The molecular weight excluding hydrogens is 240 g/mol. The van der Waals surface area contributed by atoms with Crippen LogP contribution in [-0.2, 0) is 0 Å². The molecule has 19 heavy (non-hydrogen) atoms. The highest BCUT2D eigenvalue weighted by Gasteiger charge is 2.24. The summed E-state index contributed by atoms with van der Waals surface area (Å²) in [4.78, 5) is 2.24. The standard InChI is InChI=1S/C15H24N2O2/c1-11-6-7-17(9-14(11)16)10-15(18)12-4-3-5-13(8-12)19-2/h3-5,8,11,14-15,18H,6-7,9-10,16H2,1-2H3. The Morgan fingerprint density at radius 3 is 3.00 bits per heavy atom. The van der Waals surface area contributed by atoms with Gasteiger partial charge in [-0.3, -0.25) is 4.90 Å². The zero-order valence-corrected chi connectivity index (χ0v) is 11.7. The van der Waals surface area contributed by atoms with Gasteiger partial charge in [-0.25, -0.2) is 0 Å². The number of ether oxygens (including phenoxy) is 1. The Morgan fingerprint density at radius 2 is 2.32 bits per heavy atom. The largest absolute Gasteiger partial charge is 0.497 e. The molecule has 0 aliphatic carbocycles. The molecule has 0 amide bonds. The van der Waals surface area contributed by atoms with Crippen molar-refractivity contribution in [3.8, 4) is 5.75 Å². The summed E-state index contributed by atoms with van der Waals surface area (Å²) in [6, 6.07) is 7.82. The average Bonchev–Trinajstić information content (AvgIpc) is 2.43. The summed E-state index contributed by atoms with van der Waals surface area (Å²) in [5, 5.41) is 10.3. The first-order valence-electron chi connectivity index (χ1n) is 6.90. The molecular formula is C15H24N2O2. The maximum absolute atomic E-state index is 10.3. The molecule has 0 radical (unpaired) electrons. The molecule has 0 bridgehead atoms. The van der Waals surface area contributed by atoms with E-state index in [-0.39, 0.29) is 6.04 Å². The van der Waals surface area contributed by atoms with Gasteiger partial charge in [0, 0.05) is 19.1 Å². The van der Waals surface area contributed by atoms with Gasteiger partial charge >= 0.3 is 0 Å². The minimum atomic E-state index is -0.490. The van der Waals surface area contributed by atoms with Crippen LogP contribution in [0.3, 0.4) is 0 Å². The monoisotopic (exact) mass is 264 g/mol. The van der Waals surface area contributed by atoms with Gasteiger partial charge in [0.15, 0.2) is 0 Å². The van der Waals surface area contributed by atoms with Crippen molar-refractivity contribution in [2.24, 2.45) is 11.7 Å². The van der Waals surface area contributed by atoms with Crippen molar-refractivity contribution in [1.29, 1.82) is 0 Å². The van der Waals surface area contributed by atoms with Gasteiger partial charge in [-0.1, -0.05) is 19.1 Å². The zero-order valence-electron chi connectivity index (χ0n) is 11.7. The molecule has 1 heterocycles. The fourth-order valence-corrected chi connectivity index (χ4v) is 2.53. The Kier molecular flexibility index (Phi) is 4.80. The molecule has 0 aromatic heterocycles. The number of piperidine rings is 1. The average molecular weight is 264 g/mol. The second-order valence-electron chi connectivity index (χ2n) is 5.48. The van der Waals surface area contributed by atoms with Crippen LogP contribution < -0.4 is 10.5 Å². The lowest BCUT2D eigenvalue weighted by Crippen LogP contribution is -2.48. The molecule has 1 fully saturated rings. The minimum absolute atomic E-state index is 0.214.